The van der Waals surface area contributed by atoms with Gasteiger partial charge in [-0.15, -0.1) is 0 Å². The van der Waals surface area contributed by atoms with E-state index in [0.717, 1.165) is 17.7 Å². The summed E-state index contributed by atoms with van der Waals surface area (Å²) in [6, 6.07) is 6.19. The Kier molecular flexibility index (Phi) is 2.41. The molecule has 0 saturated heterocycles. The number of methoxy groups -OCH3 is 1. The first-order chi connectivity index (χ1) is 6.85. The molecule has 14 heavy (non-hydrogen) atoms. The number of aromatic amines is 1. The molecule has 2 rings (SSSR count). The number of aromatic nitrogens is 1. The molecule has 0 fully saturated rings. The number of fused-ring (bicyclic) bond motifs is 1. The second-order valence-electron chi connectivity index (χ2n) is 3.27. The van der Waals surface area contributed by atoms with Crippen LogP contribution in [0.2, 0.25) is 0 Å². The van der Waals surface area contributed by atoms with E-state index in [9.17, 15) is 0 Å². The molecule has 1 aromatic carbocycles. The van der Waals surface area contributed by atoms with Crippen molar-refractivity contribution in [2.24, 2.45) is 5.73 Å². The van der Waals surface area contributed by atoms with Crippen molar-refractivity contribution in [3.05, 3.63) is 30.0 Å². The average Bonchev–Trinajstić information content (AvgIpc) is 2.64. The lowest BCUT2D eigenvalue weighted by atomic mass is 10.1. The molecule has 0 aliphatic rings. The monoisotopic (exact) mass is 190 g/mol. The van der Waals surface area contributed by atoms with Crippen molar-refractivity contribution >= 4 is 10.9 Å². The molecular formula is C11H14N2O. The lowest BCUT2D eigenvalue weighted by molar-refractivity contribution is 0.410. The molecule has 0 amide bonds. The first kappa shape index (κ1) is 9.09. The maximum atomic E-state index is 5.54. The Morgan fingerprint density at radius 1 is 1.43 bits per heavy atom. The van der Waals surface area contributed by atoms with Gasteiger partial charge in [0.2, 0.25) is 0 Å². The third-order valence-corrected chi connectivity index (χ3v) is 2.37. The fraction of sp³-hybridized carbons (Fsp3) is 0.273. The van der Waals surface area contributed by atoms with E-state index in [1.807, 2.05) is 12.3 Å². The van der Waals surface area contributed by atoms with E-state index in [2.05, 4.69) is 17.1 Å². The quantitative estimate of drug-likeness (QED) is 0.773. The molecule has 3 N–H and O–H groups in total. The molecule has 0 aliphatic heterocycles. The Hall–Kier alpha value is -1.48. The molecule has 0 atom stereocenters. The van der Waals surface area contributed by atoms with Crippen LogP contribution in [0.1, 0.15) is 5.56 Å². The summed E-state index contributed by atoms with van der Waals surface area (Å²) in [6.45, 7) is 0.645. The summed E-state index contributed by atoms with van der Waals surface area (Å²) in [5, 5.41) is 1.20. The predicted molar refractivity (Wildman–Crippen MR) is 57.6 cm³/mol. The second-order valence-corrected chi connectivity index (χ2v) is 3.27. The number of H-pyrrole nitrogens is 1. The topological polar surface area (TPSA) is 51.0 Å². The van der Waals surface area contributed by atoms with Crippen molar-refractivity contribution in [1.29, 1.82) is 0 Å². The smallest absolute Gasteiger partial charge is 0.124 e. The Morgan fingerprint density at radius 2 is 2.29 bits per heavy atom. The SMILES string of the molecule is COc1cc2[nH]ccc2cc1CCN. The van der Waals surface area contributed by atoms with Crippen molar-refractivity contribution in [3.63, 3.8) is 0 Å². The molecule has 0 bridgehead atoms. The normalized spacial score (nSPS) is 10.7. The van der Waals surface area contributed by atoms with Crippen LogP contribution in [0.25, 0.3) is 10.9 Å². The molecule has 1 aromatic heterocycles. The molecule has 3 nitrogen and oxygen atoms in total. The van der Waals surface area contributed by atoms with Crippen molar-refractivity contribution in [1.82, 2.24) is 4.98 Å². The van der Waals surface area contributed by atoms with Crippen LogP contribution in [-0.2, 0) is 6.42 Å². The van der Waals surface area contributed by atoms with Crippen molar-refractivity contribution in [2.75, 3.05) is 13.7 Å². The van der Waals surface area contributed by atoms with Gasteiger partial charge in [0.25, 0.3) is 0 Å². The highest BCUT2D eigenvalue weighted by atomic mass is 16.5. The summed E-state index contributed by atoms with van der Waals surface area (Å²) >= 11 is 0. The van der Waals surface area contributed by atoms with E-state index in [-0.39, 0.29) is 0 Å². The third kappa shape index (κ3) is 1.46. The summed E-state index contributed by atoms with van der Waals surface area (Å²) in [7, 11) is 1.68. The van der Waals surface area contributed by atoms with Gasteiger partial charge in [-0.05, 0) is 36.0 Å². The number of nitrogens with two attached hydrogens (primary N) is 1. The zero-order valence-electron chi connectivity index (χ0n) is 8.21. The van der Waals surface area contributed by atoms with Gasteiger partial charge in [0.1, 0.15) is 5.75 Å². The van der Waals surface area contributed by atoms with E-state index in [1.54, 1.807) is 7.11 Å². The number of benzene rings is 1. The van der Waals surface area contributed by atoms with Gasteiger partial charge in [-0.2, -0.15) is 0 Å². The van der Waals surface area contributed by atoms with Gasteiger partial charge in [-0.3, -0.25) is 0 Å². The Labute approximate surface area is 82.9 Å². The predicted octanol–water partition coefficient (Wildman–Crippen LogP) is 1.68. The van der Waals surface area contributed by atoms with Crippen LogP contribution in [0.4, 0.5) is 0 Å². The lowest BCUT2D eigenvalue weighted by Crippen LogP contribution is -2.04. The van der Waals surface area contributed by atoms with Crippen LogP contribution < -0.4 is 10.5 Å². The van der Waals surface area contributed by atoms with Gasteiger partial charge >= 0.3 is 0 Å². The molecule has 1 heterocycles. The summed E-state index contributed by atoms with van der Waals surface area (Å²) in [4.78, 5) is 3.15. The molecule has 2 aromatic rings. The van der Waals surface area contributed by atoms with Crippen LogP contribution >= 0.6 is 0 Å². The number of nitrogens with one attached hydrogen (secondary N) is 1. The van der Waals surface area contributed by atoms with Crippen molar-refractivity contribution < 1.29 is 4.74 Å². The Balaban J connectivity index is 2.54. The van der Waals surface area contributed by atoms with E-state index < -0.39 is 0 Å². The van der Waals surface area contributed by atoms with Crippen LogP contribution in [-0.4, -0.2) is 18.6 Å². The molecular weight excluding hydrogens is 176 g/mol. The highest BCUT2D eigenvalue weighted by Crippen LogP contribution is 2.25. The van der Waals surface area contributed by atoms with Crippen molar-refractivity contribution in [2.45, 2.75) is 6.42 Å². The van der Waals surface area contributed by atoms with Gasteiger partial charge in [0.05, 0.1) is 7.11 Å². The molecule has 0 unspecified atom stereocenters. The average molecular weight is 190 g/mol. The zero-order chi connectivity index (χ0) is 9.97. The van der Waals surface area contributed by atoms with E-state index in [4.69, 9.17) is 10.5 Å². The first-order valence-electron chi connectivity index (χ1n) is 4.69. The van der Waals surface area contributed by atoms with Gasteiger partial charge in [0.15, 0.2) is 0 Å². The van der Waals surface area contributed by atoms with Crippen LogP contribution in [0, 0.1) is 0 Å². The maximum Gasteiger partial charge on any atom is 0.124 e. The molecule has 3 heteroatoms. The summed E-state index contributed by atoms with van der Waals surface area (Å²) in [5.74, 6) is 0.908. The molecule has 0 radical (unpaired) electrons. The van der Waals surface area contributed by atoms with Crippen molar-refractivity contribution in [3.8, 4) is 5.75 Å². The second kappa shape index (κ2) is 3.72. The fourth-order valence-corrected chi connectivity index (χ4v) is 1.67. The lowest BCUT2D eigenvalue weighted by Gasteiger charge is -2.07. The highest BCUT2D eigenvalue weighted by molar-refractivity contribution is 5.82. The third-order valence-electron chi connectivity index (χ3n) is 2.37. The minimum absolute atomic E-state index is 0.645. The number of rotatable bonds is 3. The summed E-state index contributed by atoms with van der Waals surface area (Å²) in [5.41, 5.74) is 7.81. The van der Waals surface area contributed by atoms with Crippen LogP contribution in [0.3, 0.4) is 0 Å². The molecule has 0 saturated carbocycles. The van der Waals surface area contributed by atoms with Gasteiger partial charge in [0, 0.05) is 17.8 Å². The van der Waals surface area contributed by atoms with E-state index >= 15 is 0 Å². The highest BCUT2D eigenvalue weighted by Gasteiger charge is 2.04. The standard InChI is InChI=1S/C11H14N2O/c1-14-11-7-10-8(3-5-13-10)6-9(11)2-4-12/h3,5-7,13H,2,4,12H2,1H3. The van der Waals surface area contributed by atoms with E-state index in [0.29, 0.717) is 6.54 Å². The largest absolute Gasteiger partial charge is 0.496 e. The number of hydrogen-bond acceptors (Lipinski definition) is 2. The number of ether oxygens (including phenoxy) is 1. The van der Waals surface area contributed by atoms with E-state index in [1.165, 1.54) is 10.9 Å². The first-order valence-corrected chi connectivity index (χ1v) is 4.69. The summed E-state index contributed by atoms with van der Waals surface area (Å²) < 4.78 is 5.30. The molecule has 0 aliphatic carbocycles. The minimum atomic E-state index is 0.645. The fourth-order valence-electron chi connectivity index (χ4n) is 1.67. The van der Waals surface area contributed by atoms with Gasteiger partial charge in [-0.25, -0.2) is 0 Å². The minimum Gasteiger partial charge on any atom is -0.496 e. The van der Waals surface area contributed by atoms with Gasteiger partial charge < -0.3 is 15.5 Å². The zero-order valence-corrected chi connectivity index (χ0v) is 8.21. The Bertz CT molecular complexity index is 434. The van der Waals surface area contributed by atoms with Crippen LogP contribution in [0.5, 0.6) is 5.75 Å². The molecule has 74 valence electrons. The molecule has 0 spiro atoms. The van der Waals surface area contributed by atoms with Crippen LogP contribution in [0.15, 0.2) is 24.4 Å². The number of hydrogen-bond donors (Lipinski definition) is 2. The maximum absolute atomic E-state index is 5.54. The summed E-state index contributed by atoms with van der Waals surface area (Å²) in [6.07, 6.45) is 2.78. The Morgan fingerprint density at radius 3 is 3.00 bits per heavy atom. The van der Waals surface area contributed by atoms with Gasteiger partial charge in [-0.1, -0.05) is 0 Å².